The van der Waals surface area contributed by atoms with Gasteiger partial charge in [-0.3, -0.25) is 9.57 Å². The fourth-order valence-corrected chi connectivity index (χ4v) is 2.91. The van der Waals surface area contributed by atoms with Crippen LogP contribution in [0.5, 0.6) is 0 Å². The average molecular weight is 308 g/mol. The van der Waals surface area contributed by atoms with E-state index in [1.54, 1.807) is 4.90 Å². The Kier molecular flexibility index (Phi) is 4.29. The molecule has 7 heteroatoms. The van der Waals surface area contributed by atoms with Crippen LogP contribution in [-0.4, -0.2) is 56.1 Å². The number of carbonyl (C=O) groups is 1. The highest BCUT2D eigenvalue weighted by atomic mass is 31.0. The van der Waals surface area contributed by atoms with Gasteiger partial charge < -0.3 is 15.4 Å². The van der Waals surface area contributed by atoms with Crippen LogP contribution in [0.15, 0.2) is 24.3 Å². The lowest BCUT2D eigenvalue weighted by molar-refractivity contribution is 0.145. The topological polar surface area (TPSA) is 62.0 Å². The maximum atomic E-state index is 11.8. The number of anilines is 2. The molecule has 6 nitrogen and oxygen atoms in total. The smallest absolute Gasteiger partial charge is 0.414 e. The highest BCUT2D eigenvalue weighted by Gasteiger charge is 2.31. The van der Waals surface area contributed by atoms with Gasteiger partial charge in [0, 0.05) is 44.1 Å². The van der Waals surface area contributed by atoms with Gasteiger partial charge in [0.25, 0.3) is 0 Å². The molecular weight excluding hydrogens is 287 g/mol. The van der Waals surface area contributed by atoms with Gasteiger partial charge in [-0.1, -0.05) is 9.39 Å². The lowest BCUT2D eigenvalue weighted by atomic mass is 10.2. The first-order chi connectivity index (χ1) is 10.2. The maximum absolute atomic E-state index is 11.8. The summed E-state index contributed by atoms with van der Waals surface area (Å²) in [6.45, 7) is 5.01. The zero-order chi connectivity index (χ0) is 14.8. The Morgan fingerprint density at radius 3 is 2.33 bits per heavy atom. The van der Waals surface area contributed by atoms with Crippen LogP contribution < -0.4 is 15.5 Å². The second kappa shape index (κ2) is 6.18. The number of rotatable bonds is 3. The third-order valence-electron chi connectivity index (χ3n) is 3.98. The lowest BCUT2D eigenvalue weighted by Gasteiger charge is -2.34. The van der Waals surface area contributed by atoms with Crippen LogP contribution in [-0.2, 0) is 4.74 Å². The lowest BCUT2D eigenvalue weighted by Crippen LogP contribution is -2.42. The molecule has 21 heavy (non-hydrogen) atoms. The molecular formula is C14H21N4O2P. The molecule has 0 saturated carbocycles. The van der Waals surface area contributed by atoms with Crippen LogP contribution in [0.4, 0.5) is 16.2 Å². The van der Waals surface area contributed by atoms with Crippen molar-refractivity contribution in [3.8, 4) is 0 Å². The van der Waals surface area contributed by atoms with Gasteiger partial charge in [-0.2, -0.15) is 0 Å². The largest absolute Gasteiger partial charge is 0.443 e. The molecule has 2 atom stereocenters. The Morgan fingerprint density at radius 2 is 1.76 bits per heavy atom. The van der Waals surface area contributed by atoms with Gasteiger partial charge in [-0.15, -0.1) is 0 Å². The molecule has 1 aromatic carbocycles. The molecule has 2 heterocycles. The molecule has 2 fully saturated rings. The summed E-state index contributed by atoms with van der Waals surface area (Å²) < 4.78 is 7.43. The summed E-state index contributed by atoms with van der Waals surface area (Å²) in [5.41, 5.74) is 7.61. The van der Waals surface area contributed by atoms with Crippen molar-refractivity contribution in [1.29, 1.82) is 0 Å². The maximum Gasteiger partial charge on any atom is 0.414 e. The Bertz CT molecular complexity index is 502. The molecule has 0 aromatic heterocycles. The second-order valence-electron chi connectivity index (χ2n) is 5.39. The summed E-state index contributed by atoms with van der Waals surface area (Å²) >= 11 is 0. The third-order valence-corrected chi connectivity index (χ3v) is 4.49. The van der Waals surface area contributed by atoms with E-state index in [9.17, 15) is 4.79 Å². The normalized spacial score (nSPS) is 23.5. The standard InChI is InChI=1S/C14H21N4O2P/c15-9-13-10-18(14(19)20-13)12-3-1-11(2-4-12)16-5-7-17(21)8-6-16/h1-4,13H,5-10,15,21H2/t13-/m0/s1. The Labute approximate surface area is 127 Å². The molecule has 2 aliphatic rings. The Balaban J connectivity index is 1.68. The van der Waals surface area contributed by atoms with E-state index < -0.39 is 0 Å². The highest BCUT2D eigenvalue weighted by molar-refractivity contribution is 7.13. The van der Waals surface area contributed by atoms with E-state index in [2.05, 4.69) is 31.1 Å². The van der Waals surface area contributed by atoms with Crippen LogP contribution >= 0.6 is 9.39 Å². The van der Waals surface area contributed by atoms with Gasteiger partial charge in [0.1, 0.15) is 6.10 Å². The summed E-state index contributed by atoms with van der Waals surface area (Å²) in [5, 5.41) is 0. The van der Waals surface area contributed by atoms with Crippen molar-refractivity contribution >= 4 is 26.9 Å². The van der Waals surface area contributed by atoms with Crippen molar-refractivity contribution < 1.29 is 9.53 Å². The third kappa shape index (κ3) is 3.12. The van der Waals surface area contributed by atoms with E-state index in [-0.39, 0.29) is 12.2 Å². The minimum atomic E-state index is -0.310. The van der Waals surface area contributed by atoms with Crippen LogP contribution in [0.25, 0.3) is 0 Å². The van der Waals surface area contributed by atoms with E-state index in [0.717, 1.165) is 31.9 Å². The fourth-order valence-electron chi connectivity index (χ4n) is 2.68. The van der Waals surface area contributed by atoms with Crippen molar-refractivity contribution in [2.45, 2.75) is 6.10 Å². The van der Waals surface area contributed by atoms with Crippen molar-refractivity contribution in [2.75, 3.05) is 49.1 Å². The van der Waals surface area contributed by atoms with E-state index in [1.165, 1.54) is 5.69 Å². The molecule has 3 rings (SSSR count). The first-order valence-corrected chi connectivity index (χ1v) is 7.72. The minimum absolute atomic E-state index is 0.202. The Hall–Kier alpha value is -1.36. The van der Waals surface area contributed by atoms with Gasteiger partial charge in [0.05, 0.1) is 6.54 Å². The molecule has 0 radical (unpaired) electrons. The van der Waals surface area contributed by atoms with Crippen molar-refractivity contribution in [1.82, 2.24) is 4.67 Å². The van der Waals surface area contributed by atoms with Crippen molar-refractivity contribution in [3.63, 3.8) is 0 Å². The summed E-state index contributed by atoms with van der Waals surface area (Å²) in [4.78, 5) is 15.8. The predicted molar refractivity (Wildman–Crippen MR) is 86.6 cm³/mol. The number of benzene rings is 1. The van der Waals surface area contributed by atoms with Gasteiger partial charge in [-0.25, -0.2) is 4.79 Å². The molecule has 1 aromatic rings. The number of cyclic esters (lactones) is 1. The molecule has 2 aliphatic heterocycles. The number of ether oxygens (including phenoxy) is 1. The number of nitrogens with zero attached hydrogens (tertiary/aromatic N) is 3. The molecule has 1 amide bonds. The van der Waals surface area contributed by atoms with Crippen molar-refractivity contribution in [3.05, 3.63) is 24.3 Å². The second-order valence-corrected chi connectivity index (χ2v) is 6.12. The van der Waals surface area contributed by atoms with E-state index in [1.807, 2.05) is 12.1 Å². The van der Waals surface area contributed by atoms with E-state index in [0.29, 0.717) is 13.1 Å². The molecule has 0 bridgehead atoms. The zero-order valence-electron chi connectivity index (χ0n) is 11.9. The average Bonchev–Trinajstić information content (AvgIpc) is 2.89. The monoisotopic (exact) mass is 308 g/mol. The number of nitrogens with two attached hydrogens (primary N) is 1. The Morgan fingerprint density at radius 1 is 1.14 bits per heavy atom. The summed E-state index contributed by atoms with van der Waals surface area (Å²) in [6.07, 6.45) is -0.512. The summed E-state index contributed by atoms with van der Waals surface area (Å²) in [5.74, 6) is 0. The quantitative estimate of drug-likeness (QED) is 0.840. The predicted octanol–water partition coefficient (Wildman–Crippen LogP) is 0.883. The van der Waals surface area contributed by atoms with Gasteiger partial charge in [0.2, 0.25) is 0 Å². The fraction of sp³-hybridized carbons (Fsp3) is 0.500. The van der Waals surface area contributed by atoms with E-state index in [4.69, 9.17) is 10.5 Å². The molecule has 0 aliphatic carbocycles. The zero-order valence-corrected chi connectivity index (χ0v) is 13.1. The van der Waals surface area contributed by atoms with Crippen molar-refractivity contribution in [2.24, 2.45) is 5.73 Å². The number of piperazine rings is 1. The summed E-state index contributed by atoms with van der Waals surface area (Å²) in [6, 6.07) is 8.08. The molecule has 0 spiro atoms. The van der Waals surface area contributed by atoms with Crippen LogP contribution in [0, 0.1) is 0 Å². The first kappa shape index (κ1) is 14.6. The SMILES string of the molecule is NC[C@H]1CN(c2ccc(N3CCN(P)CC3)cc2)C(=O)O1. The molecule has 2 saturated heterocycles. The van der Waals surface area contributed by atoms with E-state index >= 15 is 0 Å². The minimum Gasteiger partial charge on any atom is -0.443 e. The van der Waals surface area contributed by atoms with Gasteiger partial charge >= 0.3 is 6.09 Å². The number of hydrogen-bond acceptors (Lipinski definition) is 5. The number of carbonyl (C=O) groups excluding carboxylic acids is 1. The summed E-state index contributed by atoms with van der Waals surface area (Å²) in [7, 11) is 2.75. The van der Waals surface area contributed by atoms with Gasteiger partial charge in [0.15, 0.2) is 0 Å². The molecule has 114 valence electrons. The molecule has 2 N–H and O–H groups in total. The highest BCUT2D eigenvalue weighted by Crippen LogP contribution is 2.25. The number of amides is 1. The first-order valence-electron chi connectivity index (χ1n) is 7.20. The van der Waals surface area contributed by atoms with Crippen LogP contribution in [0.2, 0.25) is 0 Å². The molecule has 1 unspecified atom stereocenters. The number of hydrogen-bond donors (Lipinski definition) is 1. The van der Waals surface area contributed by atoms with Crippen LogP contribution in [0.1, 0.15) is 0 Å². The van der Waals surface area contributed by atoms with Crippen LogP contribution in [0.3, 0.4) is 0 Å². The van der Waals surface area contributed by atoms with Gasteiger partial charge in [-0.05, 0) is 24.3 Å².